The Morgan fingerprint density at radius 3 is 2.21 bits per heavy atom. The van der Waals surface area contributed by atoms with Gasteiger partial charge in [0, 0.05) is 32.0 Å². The molecule has 0 fully saturated rings. The highest BCUT2D eigenvalue weighted by Crippen LogP contribution is 2.44. The van der Waals surface area contributed by atoms with Crippen molar-refractivity contribution in [2.75, 3.05) is 20.3 Å². The summed E-state index contributed by atoms with van der Waals surface area (Å²) in [5.41, 5.74) is 4.59. The van der Waals surface area contributed by atoms with Gasteiger partial charge in [0.2, 0.25) is 5.91 Å². The summed E-state index contributed by atoms with van der Waals surface area (Å²) in [6.07, 6.45) is -0.0590. The number of ether oxygens (including phenoxy) is 2. The maximum absolute atomic E-state index is 12.4. The van der Waals surface area contributed by atoms with E-state index in [1.807, 2.05) is 31.2 Å². The Balaban J connectivity index is 1.47. The molecule has 0 saturated heterocycles. The first-order valence-corrected chi connectivity index (χ1v) is 11.6. The summed E-state index contributed by atoms with van der Waals surface area (Å²) >= 11 is 0. The highest BCUT2D eigenvalue weighted by molar-refractivity contribution is 5.79. The fourth-order valence-electron chi connectivity index (χ4n) is 4.25. The summed E-state index contributed by atoms with van der Waals surface area (Å²) in [4.78, 5) is 35.4. The van der Waals surface area contributed by atoms with Gasteiger partial charge in [0.15, 0.2) is 0 Å². The van der Waals surface area contributed by atoms with Crippen molar-refractivity contribution in [1.82, 2.24) is 10.6 Å². The lowest BCUT2D eigenvalue weighted by molar-refractivity contribution is -0.137. The van der Waals surface area contributed by atoms with Crippen LogP contribution >= 0.6 is 0 Å². The van der Waals surface area contributed by atoms with E-state index in [1.54, 1.807) is 0 Å². The minimum absolute atomic E-state index is 0.00413. The number of carbonyl (C=O) groups is 3. The lowest BCUT2D eigenvalue weighted by Crippen LogP contribution is -2.40. The molecule has 0 bridgehead atoms. The topological polar surface area (TPSA) is 114 Å². The molecule has 3 N–H and O–H groups in total. The Morgan fingerprint density at radius 1 is 1.03 bits per heavy atom. The zero-order valence-electron chi connectivity index (χ0n) is 19.6. The maximum atomic E-state index is 12.4. The third-order valence-corrected chi connectivity index (χ3v) is 6.13. The Morgan fingerprint density at radius 2 is 1.65 bits per heavy atom. The predicted molar refractivity (Wildman–Crippen MR) is 128 cm³/mol. The smallest absolute Gasteiger partial charge is 0.407 e. The Kier molecular flexibility index (Phi) is 9.04. The molecule has 2 amide bonds. The molecular weight excluding hydrogens is 436 g/mol. The number of benzene rings is 2. The number of hydrogen-bond acceptors (Lipinski definition) is 5. The van der Waals surface area contributed by atoms with Crippen LogP contribution in [0.15, 0.2) is 48.5 Å². The molecule has 1 aliphatic rings. The van der Waals surface area contributed by atoms with Crippen molar-refractivity contribution >= 4 is 18.0 Å². The lowest BCUT2D eigenvalue weighted by atomic mass is 9.98. The van der Waals surface area contributed by atoms with Crippen molar-refractivity contribution < 1.29 is 29.0 Å². The second-order valence-electron chi connectivity index (χ2n) is 8.37. The van der Waals surface area contributed by atoms with Gasteiger partial charge < -0.3 is 25.2 Å². The fraction of sp³-hybridized carbons (Fsp3) is 0.423. The van der Waals surface area contributed by atoms with Crippen LogP contribution in [-0.2, 0) is 19.1 Å². The van der Waals surface area contributed by atoms with E-state index in [1.165, 1.54) is 7.11 Å². The number of fused-ring (bicyclic) bond motifs is 3. The predicted octanol–water partition coefficient (Wildman–Crippen LogP) is 3.69. The number of hydrogen-bond donors (Lipinski definition) is 3. The number of carbonyl (C=O) groups excluding carboxylic acids is 2. The van der Waals surface area contributed by atoms with E-state index in [9.17, 15) is 14.4 Å². The van der Waals surface area contributed by atoms with Gasteiger partial charge >= 0.3 is 12.1 Å². The van der Waals surface area contributed by atoms with E-state index in [0.29, 0.717) is 12.8 Å². The number of alkyl carbamates (subject to hydrolysis) is 1. The molecule has 0 aromatic heterocycles. The third-order valence-electron chi connectivity index (χ3n) is 6.13. The molecule has 2 aromatic carbocycles. The van der Waals surface area contributed by atoms with Gasteiger partial charge in [-0.3, -0.25) is 9.59 Å². The summed E-state index contributed by atoms with van der Waals surface area (Å²) in [5, 5.41) is 14.3. The maximum Gasteiger partial charge on any atom is 0.407 e. The average molecular weight is 469 g/mol. The molecule has 8 heteroatoms. The first-order valence-electron chi connectivity index (χ1n) is 11.6. The highest BCUT2D eigenvalue weighted by atomic mass is 16.5. The van der Waals surface area contributed by atoms with Crippen LogP contribution in [0.2, 0.25) is 0 Å². The van der Waals surface area contributed by atoms with Gasteiger partial charge in [-0.05, 0) is 35.1 Å². The number of rotatable bonds is 12. The van der Waals surface area contributed by atoms with Gasteiger partial charge in [-0.25, -0.2) is 4.79 Å². The molecule has 2 unspecified atom stereocenters. The van der Waals surface area contributed by atoms with Gasteiger partial charge in [-0.1, -0.05) is 55.5 Å². The number of carboxylic acid groups (broad SMARTS) is 1. The van der Waals surface area contributed by atoms with Crippen LogP contribution in [0.4, 0.5) is 4.79 Å². The standard InChI is InChI=1S/C26H32N2O6/c1-3-17(12-13-25(30)31)28-24(29)14-18(33-2)15-27-26(32)34-16-23-21-10-6-4-8-19(21)20-9-5-7-11-22(20)23/h4-11,17-18,23H,3,12-16H2,1-2H3,(H,27,32)(H,28,29)(H,30,31). The van der Waals surface area contributed by atoms with Gasteiger partial charge in [-0.2, -0.15) is 0 Å². The van der Waals surface area contributed by atoms with Crippen LogP contribution in [-0.4, -0.2) is 55.5 Å². The Labute approximate surface area is 199 Å². The number of amides is 2. The zero-order chi connectivity index (χ0) is 24.5. The summed E-state index contributed by atoms with van der Waals surface area (Å²) < 4.78 is 10.8. The van der Waals surface area contributed by atoms with Crippen molar-refractivity contribution in [1.29, 1.82) is 0 Å². The van der Waals surface area contributed by atoms with Crippen LogP contribution < -0.4 is 10.6 Å². The monoisotopic (exact) mass is 468 g/mol. The second-order valence-corrected chi connectivity index (χ2v) is 8.37. The van der Waals surface area contributed by atoms with E-state index in [4.69, 9.17) is 14.6 Å². The molecule has 0 aliphatic heterocycles. The molecule has 2 atom stereocenters. The largest absolute Gasteiger partial charge is 0.481 e. The molecule has 8 nitrogen and oxygen atoms in total. The molecule has 0 radical (unpaired) electrons. The highest BCUT2D eigenvalue weighted by Gasteiger charge is 2.29. The SMILES string of the molecule is CCC(CCC(=O)O)NC(=O)CC(CNC(=O)OCC1c2ccccc2-c2ccccc21)OC. The quantitative estimate of drug-likeness (QED) is 0.438. The van der Waals surface area contributed by atoms with Crippen molar-refractivity contribution in [3.05, 3.63) is 59.7 Å². The molecule has 1 aliphatic carbocycles. The van der Waals surface area contributed by atoms with Gasteiger partial charge in [0.05, 0.1) is 12.5 Å². The van der Waals surface area contributed by atoms with Crippen LogP contribution in [0.25, 0.3) is 11.1 Å². The van der Waals surface area contributed by atoms with Gasteiger partial charge in [-0.15, -0.1) is 0 Å². The van der Waals surface area contributed by atoms with Gasteiger partial charge in [0.25, 0.3) is 0 Å². The van der Waals surface area contributed by atoms with Crippen LogP contribution in [0.1, 0.15) is 49.7 Å². The number of methoxy groups -OCH3 is 1. The number of nitrogens with one attached hydrogen (secondary N) is 2. The minimum Gasteiger partial charge on any atom is -0.481 e. The molecule has 0 saturated carbocycles. The first kappa shape index (κ1) is 25.2. The van der Waals surface area contributed by atoms with Gasteiger partial charge in [0.1, 0.15) is 6.61 Å². The van der Waals surface area contributed by atoms with Crippen LogP contribution in [0.5, 0.6) is 0 Å². The minimum atomic E-state index is -0.894. The van der Waals surface area contributed by atoms with E-state index in [-0.39, 0.29) is 43.9 Å². The summed E-state index contributed by atoms with van der Waals surface area (Å²) in [6.45, 7) is 2.21. The van der Waals surface area contributed by atoms with E-state index >= 15 is 0 Å². The number of aliphatic carboxylic acids is 1. The molecule has 0 spiro atoms. The summed E-state index contributed by atoms with van der Waals surface area (Å²) in [6, 6.07) is 16.0. The summed E-state index contributed by atoms with van der Waals surface area (Å²) in [7, 11) is 1.47. The first-order chi connectivity index (χ1) is 16.4. The zero-order valence-corrected chi connectivity index (χ0v) is 19.6. The fourth-order valence-corrected chi connectivity index (χ4v) is 4.25. The number of carboxylic acids is 1. The molecule has 0 heterocycles. The average Bonchev–Trinajstić information content (AvgIpc) is 3.16. The Bertz CT molecular complexity index is 963. The van der Waals surface area contributed by atoms with E-state index in [0.717, 1.165) is 22.3 Å². The van der Waals surface area contributed by atoms with Crippen molar-refractivity contribution in [2.24, 2.45) is 0 Å². The molecular formula is C26H32N2O6. The molecule has 3 rings (SSSR count). The molecule has 182 valence electrons. The summed E-state index contributed by atoms with van der Waals surface area (Å²) in [5.74, 6) is -1.17. The normalized spacial score (nSPS) is 13.9. The van der Waals surface area contributed by atoms with Crippen molar-refractivity contribution in [2.45, 2.75) is 50.7 Å². The Hall–Kier alpha value is -3.39. The molecule has 34 heavy (non-hydrogen) atoms. The molecule has 2 aromatic rings. The van der Waals surface area contributed by atoms with Crippen LogP contribution in [0, 0.1) is 0 Å². The van der Waals surface area contributed by atoms with Crippen molar-refractivity contribution in [3.8, 4) is 11.1 Å². The van der Waals surface area contributed by atoms with Crippen LogP contribution in [0.3, 0.4) is 0 Å². The van der Waals surface area contributed by atoms with Crippen molar-refractivity contribution in [3.63, 3.8) is 0 Å². The second kappa shape index (κ2) is 12.2. The van der Waals surface area contributed by atoms with E-state index in [2.05, 4.69) is 34.9 Å². The third kappa shape index (κ3) is 6.57. The lowest BCUT2D eigenvalue weighted by Gasteiger charge is -2.20. The van der Waals surface area contributed by atoms with E-state index < -0.39 is 18.2 Å².